The number of rotatable bonds is 4. The Morgan fingerprint density at radius 3 is 3.00 bits per heavy atom. The number of ether oxygens (including phenoxy) is 1. The minimum atomic E-state index is -0.820. The number of carbonyl (C=O) groups is 1. The van der Waals surface area contributed by atoms with E-state index in [0.29, 0.717) is 5.69 Å². The maximum Gasteiger partial charge on any atom is 0.369 e. The van der Waals surface area contributed by atoms with Crippen molar-refractivity contribution in [1.29, 1.82) is 5.26 Å². The van der Waals surface area contributed by atoms with Crippen molar-refractivity contribution in [2.75, 3.05) is 12.0 Å². The van der Waals surface area contributed by atoms with Crippen LogP contribution < -0.4 is 5.43 Å². The zero-order chi connectivity index (χ0) is 12.7. The van der Waals surface area contributed by atoms with Crippen molar-refractivity contribution in [1.82, 2.24) is 0 Å². The second-order valence-electron chi connectivity index (χ2n) is 2.91. The molecule has 0 bridgehead atoms. The number of nitrogens with zero attached hydrogens (tertiary/aromatic N) is 2. The third-order valence-corrected chi connectivity index (χ3v) is 1.70. The van der Waals surface area contributed by atoms with E-state index in [0.717, 1.165) is 0 Å². The van der Waals surface area contributed by atoms with E-state index in [1.54, 1.807) is 19.1 Å². The number of anilines is 1. The van der Waals surface area contributed by atoms with E-state index in [4.69, 9.17) is 5.26 Å². The van der Waals surface area contributed by atoms with E-state index in [9.17, 15) is 9.18 Å². The lowest BCUT2D eigenvalue weighted by Crippen LogP contribution is -2.17. The first-order valence-corrected chi connectivity index (χ1v) is 4.84. The van der Waals surface area contributed by atoms with Crippen LogP contribution in [0.4, 0.5) is 10.1 Å². The minimum absolute atomic E-state index is 0.152. The molecule has 0 spiro atoms. The zero-order valence-electron chi connectivity index (χ0n) is 9.11. The number of halogens is 1. The summed E-state index contributed by atoms with van der Waals surface area (Å²) in [5, 5.41) is 12.2. The largest absolute Gasteiger partial charge is 0.461 e. The Labute approximate surface area is 97.5 Å². The molecule has 0 atom stereocenters. The summed E-state index contributed by atoms with van der Waals surface area (Å²) in [6.45, 7) is 1.77. The molecule has 0 radical (unpaired) electrons. The molecule has 0 heterocycles. The van der Waals surface area contributed by atoms with Gasteiger partial charge in [0.05, 0.1) is 12.3 Å². The number of esters is 1. The minimum Gasteiger partial charge on any atom is -0.461 e. The van der Waals surface area contributed by atoms with Crippen molar-refractivity contribution >= 4 is 17.4 Å². The third-order valence-electron chi connectivity index (χ3n) is 1.70. The Bertz CT molecular complexity index is 480. The number of nitrogens with one attached hydrogen (secondary N) is 1. The molecule has 1 aromatic carbocycles. The van der Waals surface area contributed by atoms with Gasteiger partial charge in [-0.25, -0.2) is 9.18 Å². The van der Waals surface area contributed by atoms with Crippen LogP contribution in [0.1, 0.15) is 6.92 Å². The Hall–Kier alpha value is -2.42. The number of benzene rings is 1. The number of hydrogen-bond acceptors (Lipinski definition) is 5. The summed E-state index contributed by atoms with van der Waals surface area (Å²) in [5.41, 5.74) is 2.32. The van der Waals surface area contributed by atoms with Crippen LogP contribution in [0.25, 0.3) is 0 Å². The predicted octanol–water partition coefficient (Wildman–Crippen LogP) is 1.68. The van der Waals surface area contributed by atoms with Crippen LogP contribution in [-0.4, -0.2) is 18.3 Å². The van der Waals surface area contributed by atoms with Crippen LogP contribution >= 0.6 is 0 Å². The first-order chi connectivity index (χ1) is 8.17. The van der Waals surface area contributed by atoms with Gasteiger partial charge in [-0.05, 0) is 25.1 Å². The highest BCUT2D eigenvalue weighted by Crippen LogP contribution is 2.08. The monoisotopic (exact) mass is 235 g/mol. The van der Waals surface area contributed by atoms with Crippen LogP contribution in [0.3, 0.4) is 0 Å². The average molecular weight is 235 g/mol. The molecule has 0 aliphatic rings. The van der Waals surface area contributed by atoms with Gasteiger partial charge in [-0.1, -0.05) is 6.07 Å². The summed E-state index contributed by atoms with van der Waals surface area (Å²) in [5.74, 6) is -1.27. The molecule has 88 valence electrons. The van der Waals surface area contributed by atoms with Crippen molar-refractivity contribution in [2.24, 2.45) is 5.10 Å². The number of hydrazone groups is 1. The maximum absolute atomic E-state index is 12.8. The highest BCUT2D eigenvalue weighted by atomic mass is 19.1. The van der Waals surface area contributed by atoms with Crippen LogP contribution in [-0.2, 0) is 9.53 Å². The Morgan fingerprint density at radius 1 is 1.65 bits per heavy atom. The molecule has 0 amide bonds. The van der Waals surface area contributed by atoms with Gasteiger partial charge in [-0.3, -0.25) is 5.43 Å². The molecular formula is C11H10FN3O2. The van der Waals surface area contributed by atoms with Crippen molar-refractivity contribution in [3.63, 3.8) is 0 Å². The maximum atomic E-state index is 12.8. The van der Waals surface area contributed by atoms with Crippen LogP contribution in [0.15, 0.2) is 29.4 Å². The van der Waals surface area contributed by atoms with E-state index in [2.05, 4.69) is 15.3 Å². The molecule has 0 saturated heterocycles. The predicted molar refractivity (Wildman–Crippen MR) is 59.7 cm³/mol. The molecule has 6 heteroatoms. The molecule has 0 unspecified atom stereocenters. The quantitative estimate of drug-likeness (QED) is 0.489. The zero-order valence-corrected chi connectivity index (χ0v) is 9.11. The molecule has 0 fully saturated rings. The van der Waals surface area contributed by atoms with Crippen molar-refractivity contribution < 1.29 is 13.9 Å². The van der Waals surface area contributed by atoms with E-state index in [1.165, 1.54) is 18.2 Å². The molecule has 0 saturated carbocycles. The molecule has 1 aromatic rings. The smallest absolute Gasteiger partial charge is 0.369 e. The van der Waals surface area contributed by atoms with Gasteiger partial charge < -0.3 is 4.74 Å². The van der Waals surface area contributed by atoms with Crippen molar-refractivity contribution in [3.05, 3.63) is 30.1 Å². The Morgan fingerprint density at radius 2 is 2.41 bits per heavy atom. The Balaban J connectivity index is 2.75. The third kappa shape index (κ3) is 3.91. The van der Waals surface area contributed by atoms with Gasteiger partial charge in [-0.15, -0.1) is 0 Å². The van der Waals surface area contributed by atoms with Gasteiger partial charge in [0, 0.05) is 0 Å². The average Bonchev–Trinajstić information content (AvgIpc) is 2.30. The van der Waals surface area contributed by atoms with E-state index < -0.39 is 17.5 Å². The molecule has 0 aliphatic heterocycles. The second-order valence-corrected chi connectivity index (χ2v) is 2.91. The summed E-state index contributed by atoms with van der Waals surface area (Å²) < 4.78 is 17.4. The lowest BCUT2D eigenvalue weighted by Gasteiger charge is -2.01. The van der Waals surface area contributed by atoms with Crippen LogP contribution in [0, 0.1) is 17.1 Å². The summed E-state index contributed by atoms with van der Waals surface area (Å²) in [4.78, 5) is 11.2. The van der Waals surface area contributed by atoms with Crippen molar-refractivity contribution in [2.45, 2.75) is 6.92 Å². The van der Waals surface area contributed by atoms with Crippen LogP contribution in [0.5, 0.6) is 0 Å². The number of carbonyl (C=O) groups excluding carboxylic acids is 1. The fourth-order valence-corrected chi connectivity index (χ4v) is 0.994. The van der Waals surface area contributed by atoms with E-state index >= 15 is 0 Å². The van der Waals surface area contributed by atoms with E-state index in [-0.39, 0.29) is 6.61 Å². The first-order valence-electron chi connectivity index (χ1n) is 4.84. The second kappa shape index (κ2) is 6.23. The van der Waals surface area contributed by atoms with Gasteiger partial charge in [0.15, 0.2) is 0 Å². The highest BCUT2D eigenvalue weighted by Gasteiger charge is 2.11. The van der Waals surface area contributed by atoms with Crippen molar-refractivity contribution in [3.8, 4) is 6.07 Å². The summed E-state index contributed by atoms with van der Waals surface area (Å²) >= 11 is 0. The van der Waals surface area contributed by atoms with Gasteiger partial charge in [0.1, 0.15) is 11.9 Å². The molecule has 17 heavy (non-hydrogen) atoms. The lowest BCUT2D eigenvalue weighted by molar-refractivity contribution is -0.134. The molecule has 1 N–H and O–H groups in total. The molecule has 0 aliphatic carbocycles. The standard InChI is InChI=1S/C11H10FN3O2/c1-2-17-11(16)10(7-13)15-14-9-5-3-4-8(12)6-9/h3-6,14H,2H2,1H3. The normalized spacial score (nSPS) is 10.5. The molecule has 0 aromatic heterocycles. The van der Waals surface area contributed by atoms with E-state index in [1.807, 2.05) is 0 Å². The molecule has 5 nitrogen and oxygen atoms in total. The van der Waals surface area contributed by atoms with Gasteiger partial charge in [-0.2, -0.15) is 10.4 Å². The first kappa shape index (κ1) is 12.6. The van der Waals surface area contributed by atoms with Gasteiger partial charge in [0.2, 0.25) is 5.71 Å². The topological polar surface area (TPSA) is 74.5 Å². The fraction of sp³-hybridized carbons (Fsp3) is 0.182. The summed E-state index contributed by atoms with van der Waals surface area (Å²) in [7, 11) is 0. The summed E-state index contributed by atoms with van der Waals surface area (Å²) in [6, 6.07) is 7.07. The summed E-state index contributed by atoms with van der Waals surface area (Å²) in [6.07, 6.45) is 0. The van der Waals surface area contributed by atoms with Gasteiger partial charge in [0.25, 0.3) is 0 Å². The van der Waals surface area contributed by atoms with Gasteiger partial charge >= 0.3 is 5.97 Å². The highest BCUT2D eigenvalue weighted by molar-refractivity contribution is 6.43. The lowest BCUT2D eigenvalue weighted by atomic mass is 10.3. The molecular weight excluding hydrogens is 225 g/mol. The Kier molecular flexibility index (Phi) is 4.63. The number of hydrogen-bond donors (Lipinski definition) is 1. The van der Waals surface area contributed by atoms with Crippen LogP contribution in [0.2, 0.25) is 0 Å². The molecule has 1 rings (SSSR count). The fourth-order valence-electron chi connectivity index (χ4n) is 0.994. The SMILES string of the molecule is CCOC(=O)C(C#N)=NNc1cccc(F)c1. The number of nitriles is 1.